The van der Waals surface area contributed by atoms with Crippen molar-refractivity contribution in [2.45, 2.75) is 19.8 Å². The van der Waals surface area contributed by atoms with Crippen molar-refractivity contribution in [2.75, 3.05) is 11.5 Å². The van der Waals surface area contributed by atoms with Gasteiger partial charge in [-0.25, -0.2) is 0 Å². The first kappa shape index (κ1) is 16.1. The average molecular weight is 317 g/mol. The number of ether oxygens (including phenoxy) is 1. The maximum absolute atomic E-state index is 6.06. The number of hydrogen-bond acceptors (Lipinski definition) is 2. The molecule has 0 aliphatic heterocycles. The van der Waals surface area contributed by atoms with E-state index in [1.807, 2.05) is 24.3 Å². The van der Waals surface area contributed by atoms with Crippen LogP contribution in [0.2, 0.25) is 0 Å². The lowest BCUT2D eigenvalue weighted by Gasteiger charge is -2.27. The van der Waals surface area contributed by atoms with Crippen LogP contribution in [0.3, 0.4) is 0 Å². The average Bonchev–Trinajstić information content (AvgIpc) is 2.65. The minimum atomic E-state index is 0.741. The van der Waals surface area contributed by atoms with E-state index in [1.165, 1.54) is 0 Å². The van der Waals surface area contributed by atoms with Crippen LogP contribution in [0.1, 0.15) is 19.8 Å². The molecule has 24 heavy (non-hydrogen) atoms. The Morgan fingerprint density at radius 1 is 0.708 bits per heavy atom. The summed E-state index contributed by atoms with van der Waals surface area (Å²) < 4.78 is 6.06. The molecule has 0 N–H and O–H groups in total. The summed E-state index contributed by atoms with van der Waals surface area (Å²) in [6.07, 6.45) is 2.19. The van der Waals surface area contributed by atoms with Crippen LogP contribution >= 0.6 is 0 Å². The Labute approximate surface area is 144 Å². The van der Waals surface area contributed by atoms with Crippen molar-refractivity contribution in [3.63, 3.8) is 0 Å². The first-order valence-electron chi connectivity index (χ1n) is 8.52. The molecule has 0 unspecified atom stereocenters. The third kappa shape index (κ3) is 3.77. The largest absolute Gasteiger partial charge is 0.491 e. The standard InChI is InChI=1S/C22H23NO/c1-2-3-18-24-22-17-11-10-16-21(22)23(19-12-6-4-7-13-19)20-14-8-5-9-15-20/h4-17H,2-3,18H2,1H3. The van der Waals surface area contributed by atoms with E-state index >= 15 is 0 Å². The molecule has 2 heteroatoms. The molecule has 0 amide bonds. The van der Waals surface area contributed by atoms with E-state index in [1.54, 1.807) is 0 Å². The number of para-hydroxylation sites is 4. The second-order valence-electron chi connectivity index (χ2n) is 5.68. The van der Waals surface area contributed by atoms with Gasteiger partial charge in [0.2, 0.25) is 0 Å². The molecule has 0 fully saturated rings. The summed E-state index contributed by atoms with van der Waals surface area (Å²) in [4.78, 5) is 2.24. The number of unbranched alkanes of at least 4 members (excludes halogenated alkanes) is 1. The van der Waals surface area contributed by atoms with Crippen LogP contribution in [0.4, 0.5) is 17.1 Å². The van der Waals surface area contributed by atoms with Gasteiger partial charge in [0.25, 0.3) is 0 Å². The number of hydrogen-bond donors (Lipinski definition) is 0. The van der Waals surface area contributed by atoms with Crippen molar-refractivity contribution in [1.29, 1.82) is 0 Å². The lowest BCUT2D eigenvalue weighted by Crippen LogP contribution is -2.11. The zero-order valence-electron chi connectivity index (χ0n) is 14.1. The maximum atomic E-state index is 6.06. The molecule has 0 spiro atoms. The van der Waals surface area contributed by atoms with Crippen LogP contribution < -0.4 is 9.64 Å². The zero-order valence-corrected chi connectivity index (χ0v) is 14.1. The molecular weight excluding hydrogens is 294 g/mol. The summed E-state index contributed by atoms with van der Waals surface area (Å²) in [5.41, 5.74) is 3.30. The van der Waals surface area contributed by atoms with Crippen LogP contribution in [0, 0.1) is 0 Å². The Kier molecular flexibility index (Phi) is 5.52. The van der Waals surface area contributed by atoms with E-state index in [0.29, 0.717) is 0 Å². The van der Waals surface area contributed by atoms with Gasteiger partial charge in [-0.2, -0.15) is 0 Å². The monoisotopic (exact) mass is 317 g/mol. The van der Waals surface area contributed by atoms with E-state index in [9.17, 15) is 0 Å². The highest BCUT2D eigenvalue weighted by Crippen LogP contribution is 2.39. The van der Waals surface area contributed by atoms with Gasteiger partial charge in [0.1, 0.15) is 5.75 Å². The van der Waals surface area contributed by atoms with Crippen LogP contribution in [-0.4, -0.2) is 6.61 Å². The molecule has 122 valence electrons. The third-order valence-electron chi connectivity index (χ3n) is 3.89. The fraction of sp³-hybridized carbons (Fsp3) is 0.182. The van der Waals surface area contributed by atoms with Crippen molar-refractivity contribution in [2.24, 2.45) is 0 Å². The molecule has 0 heterocycles. The second-order valence-corrected chi connectivity index (χ2v) is 5.68. The molecule has 0 aliphatic rings. The van der Waals surface area contributed by atoms with Gasteiger partial charge < -0.3 is 9.64 Å². The van der Waals surface area contributed by atoms with E-state index in [4.69, 9.17) is 4.74 Å². The molecule has 0 saturated heterocycles. The van der Waals surface area contributed by atoms with Crippen molar-refractivity contribution >= 4 is 17.1 Å². The maximum Gasteiger partial charge on any atom is 0.143 e. The van der Waals surface area contributed by atoms with E-state index in [-0.39, 0.29) is 0 Å². The predicted octanol–water partition coefficient (Wildman–Crippen LogP) is 6.34. The third-order valence-corrected chi connectivity index (χ3v) is 3.89. The molecule has 0 bridgehead atoms. The molecule has 3 rings (SSSR count). The molecule has 3 aromatic rings. The number of anilines is 3. The van der Waals surface area contributed by atoms with Gasteiger partial charge in [-0.3, -0.25) is 0 Å². The first-order chi connectivity index (χ1) is 11.9. The molecular formula is C22H23NO. The Balaban J connectivity index is 2.04. The van der Waals surface area contributed by atoms with Gasteiger partial charge in [-0.05, 0) is 42.8 Å². The van der Waals surface area contributed by atoms with Gasteiger partial charge in [0, 0.05) is 11.4 Å². The SMILES string of the molecule is CCCCOc1ccccc1N(c1ccccc1)c1ccccc1. The summed E-state index contributed by atoms with van der Waals surface area (Å²) in [6.45, 7) is 2.92. The van der Waals surface area contributed by atoms with Crippen molar-refractivity contribution in [3.05, 3.63) is 84.9 Å². The molecule has 0 saturated carbocycles. The Bertz CT molecular complexity index is 701. The minimum absolute atomic E-state index is 0.741. The molecule has 0 atom stereocenters. The molecule has 0 radical (unpaired) electrons. The van der Waals surface area contributed by atoms with Gasteiger partial charge >= 0.3 is 0 Å². The van der Waals surface area contributed by atoms with Gasteiger partial charge in [0.05, 0.1) is 12.3 Å². The normalized spacial score (nSPS) is 10.4. The fourth-order valence-corrected chi connectivity index (χ4v) is 2.67. The lowest BCUT2D eigenvalue weighted by atomic mass is 10.2. The van der Waals surface area contributed by atoms with Crippen LogP contribution in [0.15, 0.2) is 84.9 Å². The Morgan fingerprint density at radius 2 is 1.25 bits per heavy atom. The smallest absolute Gasteiger partial charge is 0.143 e. The quantitative estimate of drug-likeness (QED) is 0.472. The van der Waals surface area contributed by atoms with E-state index in [0.717, 1.165) is 42.3 Å². The number of benzene rings is 3. The summed E-state index contributed by atoms with van der Waals surface area (Å²) >= 11 is 0. The van der Waals surface area contributed by atoms with E-state index in [2.05, 4.69) is 72.5 Å². The first-order valence-corrected chi connectivity index (χ1v) is 8.52. The summed E-state index contributed by atoms with van der Waals surface area (Å²) in [6, 6.07) is 29.0. The molecule has 0 aromatic heterocycles. The fourth-order valence-electron chi connectivity index (χ4n) is 2.67. The van der Waals surface area contributed by atoms with Gasteiger partial charge in [0.15, 0.2) is 0 Å². The number of rotatable bonds is 7. The second kappa shape index (κ2) is 8.21. The predicted molar refractivity (Wildman–Crippen MR) is 102 cm³/mol. The minimum Gasteiger partial charge on any atom is -0.491 e. The van der Waals surface area contributed by atoms with E-state index < -0.39 is 0 Å². The summed E-state index contributed by atoms with van der Waals surface area (Å²) in [7, 11) is 0. The van der Waals surface area contributed by atoms with Gasteiger partial charge in [-0.1, -0.05) is 61.9 Å². The Morgan fingerprint density at radius 3 is 1.83 bits per heavy atom. The topological polar surface area (TPSA) is 12.5 Å². The molecule has 3 aromatic carbocycles. The van der Waals surface area contributed by atoms with Crippen molar-refractivity contribution < 1.29 is 4.74 Å². The summed E-state index contributed by atoms with van der Waals surface area (Å²) in [5.74, 6) is 0.915. The molecule has 2 nitrogen and oxygen atoms in total. The lowest BCUT2D eigenvalue weighted by molar-refractivity contribution is 0.310. The highest BCUT2D eigenvalue weighted by Gasteiger charge is 2.15. The Hall–Kier alpha value is -2.74. The number of nitrogens with zero attached hydrogens (tertiary/aromatic N) is 1. The van der Waals surface area contributed by atoms with Crippen LogP contribution in [-0.2, 0) is 0 Å². The van der Waals surface area contributed by atoms with Gasteiger partial charge in [-0.15, -0.1) is 0 Å². The summed E-state index contributed by atoms with van der Waals surface area (Å²) in [5, 5.41) is 0. The highest BCUT2D eigenvalue weighted by atomic mass is 16.5. The highest BCUT2D eigenvalue weighted by molar-refractivity contribution is 5.79. The van der Waals surface area contributed by atoms with Crippen LogP contribution in [0.25, 0.3) is 0 Å². The zero-order chi connectivity index (χ0) is 16.6. The van der Waals surface area contributed by atoms with Crippen molar-refractivity contribution in [3.8, 4) is 5.75 Å². The van der Waals surface area contributed by atoms with Crippen molar-refractivity contribution in [1.82, 2.24) is 0 Å². The molecule has 0 aliphatic carbocycles. The van der Waals surface area contributed by atoms with Crippen LogP contribution in [0.5, 0.6) is 5.75 Å².